The van der Waals surface area contributed by atoms with E-state index in [0.29, 0.717) is 28.9 Å². The standard InChI is InChI=1S/C26H30N4O3/c1-4-6-11-27-26-24(16-29-25(5-2)30-26)32-17-20-14-22(23(31-3)15-28-20)33-21-12-18-9-7-8-10-19(18)13-21/h5,7-10,14-16,21H,2,4,6,11-13,17H2,1,3H3,(H,27,29,30). The number of ether oxygens (including phenoxy) is 3. The van der Waals surface area contributed by atoms with E-state index in [0.717, 1.165) is 37.9 Å². The molecule has 0 atom stereocenters. The molecule has 172 valence electrons. The lowest BCUT2D eigenvalue weighted by molar-refractivity contribution is 0.202. The third-order valence-electron chi connectivity index (χ3n) is 5.57. The predicted octanol–water partition coefficient (Wildman–Crippen LogP) is 4.86. The number of fused-ring (bicyclic) bond motifs is 1. The van der Waals surface area contributed by atoms with Gasteiger partial charge in [0.15, 0.2) is 28.9 Å². The first kappa shape index (κ1) is 22.6. The van der Waals surface area contributed by atoms with Gasteiger partial charge in [-0.15, -0.1) is 0 Å². The fraction of sp³-hybridized carbons (Fsp3) is 0.346. The summed E-state index contributed by atoms with van der Waals surface area (Å²) >= 11 is 0. The molecule has 0 amide bonds. The highest BCUT2D eigenvalue weighted by molar-refractivity contribution is 5.52. The van der Waals surface area contributed by atoms with Crippen molar-refractivity contribution in [3.63, 3.8) is 0 Å². The molecule has 3 aromatic rings. The van der Waals surface area contributed by atoms with Crippen molar-refractivity contribution in [1.82, 2.24) is 15.0 Å². The molecule has 0 radical (unpaired) electrons. The average molecular weight is 447 g/mol. The number of benzene rings is 1. The van der Waals surface area contributed by atoms with Crippen LogP contribution >= 0.6 is 0 Å². The van der Waals surface area contributed by atoms with Crippen LogP contribution in [-0.4, -0.2) is 34.7 Å². The zero-order valence-electron chi connectivity index (χ0n) is 19.2. The highest BCUT2D eigenvalue weighted by Crippen LogP contribution is 2.32. The summed E-state index contributed by atoms with van der Waals surface area (Å²) in [5.74, 6) is 3.06. The Bertz CT molecular complexity index is 1080. The molecule has 0 unspecified atom stereocenters. The minimum atomic E-state index is 0.0710. The summed E-state index contributed by atoms with van der Waals surface area (Å²) < 4.78 is 17.8. The van der Waals surface area contributed by atoms with Crippen LogP contribution in [0.4, 0.5) is 5.82 Å². The number of anilines is 1. The monoisotopic (exact) mass is 446 g/mol. The molecule has 1 aliphatic rings. The van der Waals surface area contributed by atoms with E-state index in [9.17, 15) is 0 Å². The fourth-order valence-corrected chi connectivity index (χ4v) is 3.82. The third kappa shape index (κ3) is 5.61. The van der Waals surface area contributed by atoms with Crippen LogP contribution in [0, 0.1) is 0 Å². The molecular weight excluding hydrogens is 416 g/mol. The van der Waals surface area contributed by atoms with Gasteiger partial charge in [-0.3, -0.25) is 4.98 Å². The molecule has 7 heteroatoms. The normalized spacial score (nSPS) is 12.8. The predicted molar refractivity (Wildman–Crippen MR) is 129 cm³/mol. The van der Waals surface area contributed by atoms with Gasteiger partial charge in [-0.05, 0) is 23.6 Å². The number of nitrogens with one attached hydrogen (secondary N) is 1. The first-order chi connectivity index (χ1) is 16.2. The molecule has 4 rings (SSSR count). The minimum Gasteiger partial charge on any atom is -0.491 e. The van der Waals surface area contributed by atoms with Gasteiger partial charge in [-0.2, -0.15) is 0 Å². The molecule has 0 bridgehead atoms. The highest BCUT2D eigenvalue weighted by atomic mass is 16.5. The Hall–Kier alpha value is -3.61. The van der Waals surface area contributed by atoms with Crippen LogP contribution in [0.25, 0.3) is 6.08 Å². The molecule has 7 nitrogen and oxygen atoms in total. The van der Waals surface area contributed by atoms with Crippen molar-refractivity contribution >= 4 is 11.9 Å². The highest BCUT2D eigenvalue weighted by Gasteiger charge is 2.24. The maximum absolute atomic E-state index is 6.32. The molecule has 0 aliphatic heterocycles. The van der Waals surface area contributed by atoms with E-state index in [1.54, 1.807) is 25.6 Å². The van der Waals surface area contributed by atoms with E-state index in [2.05, 4.69) is 58.0 Å². The summed E-state index contributed by atoms with van der Waals surface area (Å²) in [7, 11) is 1.62. The zero-order valence-corrected chi connectivity index (χ0v) is 19.2. The molecule has 0 saturated carbocycles. The van der Waals surface area contributed by atoms with Crippen LogP contribution in [0.2, 0.25) is 0 Å². The zero-order chi connectivity index (χ0) is 23.0. The van der Waals surface area contributed by atoms with Crippen LogP contribution in [0.3, 0.4) is 0 Å². The van der Waals surface area contributed by atoms with Crippen molar-refractivity contribution in [2.75, 3.05) is 19.0 Å². The first-order valence-corrected chi connectivity index (χ1v) is 11.3. The van der Waals surface area contributed by atoms with E-state index >= 15 is 0 Å². The molecule has 1 aliphatic carbocycles. The molecule has 1 aromatic carbocycles. The van der Waals surface area contributed by atoms with Crippen LogP contribution in [0.5, 0.6) is 17.2 Å². The Morgan fingerprint density at radius 1 is 1.09 bits per heavy atom. The Morgan fingerprint density at radius 3 is 2.55 bits per heavy atom. The topological polar surface area (TPSA) is 78.4 Å². The van der Waals surface area contributed by atoms with E-state index < -0.39 is 0 Å². The van der Waals surface area contributed by atoms with Gasteiger partial charge in [-0.25, -0.2) is 9.97 Å². The van der Waals surface area contributed by atoms with Crippen LogP contribution in [-0.2, 0) is 19.4 Å². The Kier molecular flexibility index (Phi) is 7.40. The van der Waals surface area contributed by atoms with Crippen molar-refractivity contribution in [3.05, 3.63) is 71.9 Å². The lowest BCUT2D eigenvalue weighted by Gasteiger charge is -2.17. The van der Waals surface area contributed by atoms with Crippen molar-refractivity contribution < 1.29 is 14.2 Å². The largest absolute Gasteiger partial charge is 0.491 e. The smallest absolute Gasteiger partial charge is 0.180 e. The molecule has 2 aromatic heterocycles. The number of aromatic nitrogens is 3. The van der Waals surface area contributed by atoms with E-state index in [1.165, 1.54) is 11.1 Å². The first-order valence-electron chi connectivity index (χ1n) is 11.3. The van der Waals surface area contributed by atoms with Gasteiger partial charge in [0.25, 0.3) is 0 Å². The van der Waals surface area contributed by atoms with Crippen molar-refractivity contribution in [3.8, 4) is 17.2 Å². The molecule has 33 heavy (non-hydrogen) atoms. The summed E-state index contributed by atoms with van der Waals surface area (Å²) in [6.07, 6.45) is 8.92. The number of hydrogen-bond donors (Lipinski definition) is 1. The second-order valence-corrected chi connectivity index (χ2v) is 7.96. The van der Waals surface area contributed by atoms with E-state index in [-0.39, 0.29) is 12.7 Å². The number of pyridine rings is 1. The third-order valence-corrected chi connectivity index (χ3v) is 5.57. The molecule has 0 spiro atoms. The second-order valence-electron chi connectivity index (χ2n) is 7.96. The Labute approximate surface area is 194 Å². The molecule has 2 heterocycles. The van der Waals surface area contributed by atoms with Crippen molar-refractivity contribution in [2.24, 2.45) is 0 Å². The molecule has 0 saturated heterocycles. The summed E-state index contributed by atoms with van der Waals surface area (Å²) in [6, 6.07) is 10.3. The van der Waals surface area contributed by atoms with Crippen LogP contribution < -0.4 is 19.5 Å². The second kappa shape index (κ2) is 10.8. The molecule has 1 N–H and O–H groups in total. The van der Waals surface area contributed by atoms with E-state index in [1.807, 2.05) is 6.07 Å². The van der Waals surface area contributed by atoms with Gasteiger partial charge in [0.1, 0.15) is 12.7 Å². The summed E-state index contributed by atoms with van der Waals surface area (Å²) in [4.78, 5) is 13.2. The van der Waals surface area contributed by atoms with Crippen molar-refractivity contribution in [2.45, 2.75) is 45.3 Å². The summed E-state index contributed by atoms with van der Waals surface area (Å²) in [5.41, 5.74) is 3.41. The lowest BCUT2D eigenvalue weighted by atomic mass is 10.1. The quantitative estimate of drug-likeness (QED) is 0.421. The Morgan fingerprint density at radius 2 is 1.85 bits per heavy atom. The number of hydrogen-bond acceptors (Lipinski definition) is 7. The van der Waals surface area contributed by atoms with Gasteiger partial charge in [0, 0.05) is 25.5 Å². The summed E-state index contributed by atoms with van der Waals surface area (Å²) in [6.45, 7) is 6.95. The fourth-order valence-electron chi connectivity index (χ4n) is 3.82. The van der Waals surface area contributed by atoms with E-state index in [4.69, 9.17) is 14.2 Å². The maximum atomic E-state index is 6.32. The minimum absolute atomic E-state index is 0.0710. The average Bonchev–Trinajstić information content (AvgIpc) is 3.25. The molecule has 0 fully saturated rings. The van der Waals surface area contributed by atoms with Gasteiger partial charge < -0.3 is 19.5 Å². The molecular formula is C26H30N4O3. The number of methoxy groups -OCH3 is 1. The van der Waals surface area contributed by atoms with Gasteiger partial charge >= 0.3 is 0 Å². The van der Waals surface area contributed by atoms with Crippen molar-refractivity contribution in [1.29, 1.82) is 0 Å². The number of rotatable bonds is 11. The number of unbranched alkanes of at least 4 members (excludes halogenated alkanes) is 1. The van der Waals surface area contributed by atoms with Crippen LogP contribution in [0.15, 0.2) is 49.3 Å². The number of nitrogens with zero attached hydrogens (tertiary/aromatic N) is 3. The SMILES string of the molecule is C=Cc1ncc(OCc2cc(OC3Cc4ccccc4C3)c(OC)cn2)c(NCCCC)n1. The van der Waals surface area contributed by atoms with Gasteiger partial charge in [0.2, 0.25) is 0 Å². The van der Waals surface area contributed by atoms with Gasteiger partial charge in [-0.1, -0.05) is 44.2 Å². The maximum Gasteiger partial charge on any atom is 0.180 e. The summed E-state index contributed by atoms with van der Waals surface area (Å²) in [5, 5.41) is 3.32. The van der Waals surface area contributed by atoms with Gasteiger partial charge in [0.05, 0.1) is 25.2 Å². The Balaban J connectivity index is 1.45. The van der Waals surface area contributed by atoms with Crippen LogP contribution in [0.1, 0.15) is 42.4 Å². The lowest BCUT2D eigenvalue weighted by Crippen LogP contribution is -2.17.